The summed E-state index contributed by atoms with van der Waals surface area (Å²) >= 11 is 0. The summed E-state index contributed by atoms with van der Waals surface area (Å²) in [4.78, 5) is 14.3. The van der Waals surface area contributed by atoms with E-state index < -0.39 is 17.2 Å². The van der Waals surface area contributed by atoms with Gasteiger partial charge in [0.1, 0.15) is 0 Å². The summed E-state index contributed by atoms with van der Waals surface area (Å²) in [6.45, 7) is 1.10. The summed E-state index contributed by atoms with van der Waals surface area (Å²) in [5, 5.41) is 0. The van der Waals surface area contributed by atoms with Gasteiger partial charge in [-0.25, -0.2) is 0 Å². The molecule has 0 aromatic heterocycles. The largest absolute Gasteiger partial charge is 0.416 e. The fraction of sp³-hybridized carbons (Fsp3) is 0.533. The zero-order valence-corrected chi connectivity index (χ0v) is 11.5. The van der Waals surface area contributed by atoms with Crippen LogP contribution >= 0.6 is 0 Å². The van der Waals surface area contributed by atoms with E-state index in [2.05, 4.69) is 0 Å². The van der Waals surface area contributed by atoms with E-state index in [1.807, 2.05) is 0 Å². The lowest BCUT2D eigenvalue weighted by Crippen LogP contribution is -2.39. The molecule has 3 nitrogen and oxygen atoms in total. The second kappa shape index (κ2) is 4.73. The molecule has 1 amide bonds. The minimum Gasteiger partial charge on any atom is -0.340 e. The Hall–Kier alpha value is -1.56. The van der Waals surface area contributed by atoms with Gasteiger partial charge in [-0.15, -0.1) is 0 Å². The van der Waals surface area contributed by atoms with Gasteiger partial charge in [0.2, 0.25) is 5.91 Å². The normalized spacial score (nSPS) is 24.2. The number of carbonyl (C=O) groups excluding carboxylic acids is 1. The summed E-state index contributed by atoms with van der Waals surface area (Å²) in [5.41, 5.74) is 4.82. The van der Waals surface area contributed by atoms with Crippen molar-refractivity contribution in [2.24, 2.45) is 5.73 Å². The number of halogens is 3. The molecule has 1 atom stereocenters. The summed E-state index contributed by atoms with van der Waals surface area (Å²) in [6.07, 6.45) is -2.41. The zero-order chi connectivity index (χ0) is 15.3. The summed E-state index contributed by atoms with van der Waals surface area (Å²) in [5.74, 6) is -0.0743. The van der Waals surface area contributed by atoms with E-state index in [4.69, 9.17) is 5.73 Å². The lowest BCUT2D eigenvalue weighted by Gasteiger charge is -2.24. The van der Waals surface area contributed by atoms with Crippen LogP contribution in [0.3, 0.4) is 0 Å². The Bertz CT molecular complexity index is 566. The molecular weight excluding hydrogens is 281 g/mol. The number of alkyl halides is 3. The molecule has 1 aliphatic carbocycles. The van der Waals surface area contributed by atoms with E-state index in [0.29, 0.717) is 31.5 Å². The van der Waals surface area contributed by atoms with Crippen molar-refractivity contribution in [1.82, 2.24) is 4.90 Å². The Morgan fingerprint density at radius 3 is 2.57 bits per heavy atom. The van der Waals surface area contributed by atoms with Crippen LogP contribution in [0.1, 0.15) is 30.4 Å². The van der Waals surface area contributed by atoms with Crippen molar-refractivity contribution in [1.29, 1.82) is 0 Å². The second-order valence-electron chi connectivity index (χ2n) is 5.96. The Balaban J connectivity index is 1.87. The van der Waals surface area contributed by atoms with Crippen LogP contribution in [-0.2, 0) is 16.4 Å². The van der Waals surface area contributed by atoms with E-state index in [-0.39, 0.29) is 11.9 Å². The highest BCUT2D eigenvalue weighted by Crippen LogP contribution is 2.50. The number of hydrogen-bond donors (Lipinski definition) is 1. The zero-order valence-electron chi connectivity index (χ0n) is 11.5. The first-order valence-corrected chi connectivity index (χ1v) is 7.06. The number of nitrogens with two attached hydrogens (primary N) is 1. The number of likely N-dealkylation sites (tertiary alicyclic amines) is 1. The third-order valence-electron chi connectivity index (χ3n) is 4.41. The molecule has 0 spiro atoms. The molecular formula is C15H17F3N2O. The van der Waals surface area contributed by atoms with Crippen molar-refractivity contribution >= 4 is 5.91 Å². The van der Waals surface area contributed by atoms with Crippen LogP contribution in [0.15, 0.2) is 24.3 Å². The third-order valence-corrected chi connectivity index (χ3v) is 4.41. The molecule has 1 saturated carbocycles. The van der Waals surface area contributed by atoms with Crippen molar-refractivity contribution in [2.75, 3.05) is 13.1 Å². The lowest BCUT2D eigenvalue weighted by atomic mass is 9.92. The Labute approximate surface area is 120 Å². The van der Waals surface area contributed by atoms with Crippen LogP contribution in [0, 0.1) is 0 Å². The number of nitrogens with zero attached hydrogens (tertiary/aromatic N) is 1. The number of carbonyl (C=O) groups is 1. The maximum Gasteiger partial charge on any atom is 0.416 e. The molecule has 21 heavy (non-hydrogen) atoms. The van der Waals surface area contributed by atoms with Crippen LogP contribution in [0.2, 0.25) is 0 Å². The van der Waals surface area contributed by atoms with Crippen LogP contribution in [0.4, 0.5) is 13.2 Å². The van der Waals surface area contributed by atoms with Crippen molar-refractivity contribution in [3.8, 4) is 0 Å². The van der Waals surface area contributed by atoms with E-state index in [9.17, 15) is 18.0 Å². The molecule has 2 fully saturated rings. The van der Waals surface area contributed by atoms with Gasteiger partial charge in [0.05, 0.1) is 11.0 Å². The van der Waals surface area contributed by atoms with Crippen LogP contribution in [0.5, 0.6) is 0 Å². The van der Waals surface area contributed by atoms with Crippen LogP contribution < -0.4 is 5.73 Å². The SMILES string of the molecule is N[C@@H]1CCN(C(=O)C2(c3cccc(C(F)(F)F)c3)CC2)C1. The maximum absolute atomic E-state index is 12.8. The monoisotopic (exact) mass is 298 g/mol. The minimum atomic E-state index is -4.38. The molecule has 6 heteroatoms. The number of rotatable bonds is 2. The average Bonchev–Trinajstić information content (AvgIpc) is 3.14. The molecule has 1 aromatic carbocycles. The predicted octanol–water partition coefficient (Wildman–Crippen LogP) is 2.30. The van der Waals surface area contributed by atoms with Crippen LogP contribution in [-0.4, -0.2) is 29.9 Å². The molecule has 2 N–H and O–H groups in total. The van der Waals surface area contributed by atoms with Gasteiger partial charge in [0.25, 0.3) is 0 Å². The van der Waals surface area contributed by atoms with Crippen molar-refractivity contribution < 1.29 is 18.0 Å². The molecule has 0 bridgehead atoms. The van der Waals surface area contributed by atoms with Crippen LogP contribution in [0.25, 0.3) is 0 Å². The standard InChI is InChI=1S/C15H17F3N2O/c16-15(17,18)11-3-1-2-10(8-11)14(5-6-14)13(21)20-7-4-12(19)9-20/h1-3,8,12H,4-7,9,19H2/t12-/m1/s1. The predicted molar refractivity (Wildman–Crippen MR) is 71.5 cm³/mol. The van der Waals surface area contributed by atoms with Gasteiger partial charge in [0.15, 0.2) is 0 Å². The quantitative estimate of drug-likeness (QED) is 0.910. The topological polar surface area (TPSA) is 46.3 Å². The van der Waals surface area contributed by atoms with Gasteiger partial charge in [-0.1, -0.05) is 18.2 Å². The molecule has 114 valence electrons. The van der Waals surface area contributed by atoms with Crippen molar-refractivity contribution in [3.63, 3.8) is 0 Å². The summed E-state index contributed by atoms with van der Waals surface area (Å²) in [6, 6.07) is 5.12. The van der Waals surface area contributed by atoms with Crippen molar-refractivity contribution in [2.45, 2.75) is 36.9 Å². The highest BCUT2D eigenvalue weighted by atomic mass is 19.4. The molecule has 1 saturated heterocycles. The van der Waals surface area contributed by atoms with Gasteiger partial charge in [-0.2, -0.15) is 13.2 Å². The van der Waals surface area contributed by atoms with E-state index >= 15 is 0 Å². The lowest BCUT2D eigenvalue weighted by molar-refractivity contribution is -0.138. The fourth-order valence-corrected chi connectivity index (χ4v) is 3.02. The highest BCUT2D eigenvalue weighted by Gasteiger charge is 2.54. The number of hydrogen-bond acceptors (Lipinski definition) is 2. The molecule has 3 rings (SSSR count). The average molecular weight is 298 g/mol. The van der Waals surface area contributed by atoms with Crippen molar-refractivity contribution in [3.05, 3.63) is 35.4 Å². The summed E-state index contributed by atoms with van der Waals surface area (Å²) < 4.78 is 38.5. The van der Waals surface area contributed by atoms with Gasteiger partial charge in [-0.3, -0.25) is 4.79 Å². The molecule has 1 aliphatic heterocycles. The van der Waals surface area contributed by atoms with Gasteiger partial charge >= 0.3 is 6.18 Å². The van der Waals surface area contributed by atoms with Gasteiger partial charge < -0.3 is 10.6 Å². The molecule has 0 unspecified atom stereocenters. The Kier molecular flexibility index (Phi) is 3.24. The van der Waals surface area contributed by atoms with E-state index in [1.165, 1.54) is 6.07 Å². The summed E-state index contributed by atoms with van der Waals surface area (Å²) in [7, 11) is 0. The second-order valence-corrected chi connectivity index (χ2v) is 5.96. The van der Waals surface area contributed by atoms with Gasteiger partial charge in [0, 0.05) is 19.1 Å². The molecule has 1 heterocycles. The highest BCUT2D eigenvalue weighted by molar-refractivity contribution is 5.91. The van der Waals surface area contributed by atoms with E-state index in [1.54, 1.807) is 11.0 Å². The number of benzene rings is 1. The number of amides is 1. The first-order chi connectivity index (χ1) is 9.83. The molecule has 2 aliphatic rings. The fourth-order valence-electron chi connectivity index (χ4n) is 3.02. The van der Waals surface area contributed by atoms with Gasteiger partial charge in [-0.05, 0) is 30.9 Å². The Morgan fingerprint density at radius 2 is 2.05 bits per heavy atom. The minimum absolute atomic E-state index is 0.0220. The smallest absolute Gasteiger partial charge is 0.340 e. The Morgan fingerprint density at radius 1 is 1.33 bits per heavy atom. The first kappa shape index (κ1) is 14.4. The molecule has 0 radical (unpaired) electrons. The third kappa shape index (κ3) is 2.52. The first-order valence-electron chi connectivity index (χ1n) is 7.06. The molecule has 1 aromatic rings. The van der Waals surface area contributed by atoms with E-state index in [0.717, 1.165) is 18.6 Å². The maximum atomic E-state index is 12.8.